The second-order valence-electron chi connectivity index (χ2n) is 6.01. The summed E-state index contributed by atoms with van der Waals surface area (Å²) in [4.78, 5) is 12.5. The van der Waals surface area contributed by atoms with Crippen LogP contribution in [0.25, 0.3) is 6.08 Å². The summed E-state index contributed by atoms with van der Waals surface area (Å²) in [7, 11) is 3.05. The zero-order chi connectivity index (χ0) is 19.1. The van der Waals surface area contributed by atoms with E-state index in [0.717, 1.165) is 5.56 Å². The van der Waals surface area contributed by atoms with E-state index in [9.17, 15) is 10.1 Å². The van der Waals surface area contributed by atoms with E-state index in [1.54, 1.807) is 31.4 Å². The summed E-state index contributed by atoms with van der Waals surface area (Å²) < 4.78 is 10.4. The zero-order valence-electron chi connectivity index (χ0n) is 15.4. The molecule has 5 nitrogen and oxygen atoms in total. The molecule has 0 aliphatic rings. The molecular weight excluding hydrogens is 328 g/mol. The van der Waals surface area contributed by atoms with Crippen LogP contribution >= 0.6 is 0 Å². The zero-order valence-corrected chi connectivity index (χ0v) is 15.4. The van der Waals surface area contributed by atoms with Crippen LogP contribution in [0, 0.1) is 11.3 Å². The minimum atomic E-state index is -0.496. The molecule has 1 amide bonds. The van der Waals surface area contributed by atoms with Gasteiger partial charge < -0.3 is 14.8 Å². The Morgan fingerprint density at radius 2 is 1.81 bits per heavy atom. The molecule has 0 heterocycles. The lowest BCUT2D eigenvalue weighted by atomic mass is 10.0. The van der Waals surface area contributed by atoms with Crippen LogP contribution in [-0.2, 0) is 4.79 Å². The summed E-state index contributed by atoms with van der Waals surface area (Å²) >= 11 is 0. The first-order chi connectivity index (χ1) is 12.5. The highest BCUT2D eigenvalue weighted by atomic mass is 16.5. The molecule has 1 N–H and O–H groups in total. The molecule has 0 unspecified atom stereocenters. The number of amides is 1. The Morgan fingerprint density at radius 3 is 2.35 bits per heavy atom. The second kappa shape index (κ2) is 8.72. The lowest BCUT2D eigenvalue weighted by molar-refractivity contribution is -0.112. The van der Waals surface area contributed by atoms with Crippen molar-refractivity contribution >= 4 is 17.7 Å². The summed E-state index contributed by atoms with van der Waals surface area (Å²) in [5.74, 6) is 0.996. The standard InChI is InChI=1S/C21H22N2O3/c1-14(2)16-7-5-15(6-8-16)11-17(13-22)21(24)23-19-10-9-18(25-3)12-20(19)26-4/h5-12,14H,1-4H3,(H,23,24). The van der Waals surface area contributed by atoms with Crippen LogP contribution in [0.4, 0.5) is 5.69 Å². The quantitative estimate of drug-likeness (QED) is 0.620. The summed E-state index contributed by atoms with van der Waals surface area (Å²) in [6, 6.07) is 14.8. The van der Waals surface area contributed by atoms with Crippen molar-refractivity contribution in [2.45, 2.75) is 19.8 Å². The van der Waals surface area contributed by atoms with Crippen molar-refractivity contribution in [2.24, 2.45) is 0 Å². The number of carbonyl (C=O) groups is 1. The second-order valence-corrected chi connectivity index (χ2v) is 6.01. The predicted octanol–water partition coefficient (Wildman–Crippen LogP) is 4.37. The van der Waals surface area contributed by atoms with Crippen LogP contribution in [-0.4, -0.2) is 20.1 Å². The number of nitriles is 1. The molecule has 0 spiro atoms. The van der Waals surface area contributed by atoms with Gasteiger partial charge in [0.15, 0.2) is 0 Å². The average Bonchev–Trinajstić information content (AvgIpc) is 2.66. The first-order valence-electron chi connectivity index (χ1n) is 8.23. The Bertz CT molecular complexity index is 847. The Labute approximate surface area is 153 Å². The molecule has 5 heteroatoms. The SMILES string of the molecule is COc1ccc(NC(=O)C(C#N)=Cc2ccc(C(C)C)cc2)c(OC)c1. The van der Waals surface area contributed by atoms with E-state index in [4.69, 9.17) is 9.47 Å². The summed E-state index contributed by atoms with van der Waals surface area (Å²) in [6.45, 7) is 4.22. The Balaban J connectivity index is 2.22. The van der Waals surface area contributed by atoms with E-state index in [0.29, 0.717) is 23.1 Å². The normalized spacial score (nSPS) is 11.0. The molecule has 0 saturated carbocycles. The summed E-state index contributed by atoms with van der Waals surface area (Å²) in [5.41, 5.74) is 2.48. The number of carbonyl (C=O) groups excluding carboxylic acids is 1. The molecule has 0 saturated heterocycles. The largest absolute Gasteiger partial charge is 0.497 e. The molecule has 2 rings (SSSR count). The number of nitrogens with zero attached hydrogens (tertiary/aromatic N) is 1. The first kappa shape index (κ1) is 19.1. The average molecular weight is 350 g/mol. The number of hydrogen-bond donors (Lipinski definition) is 1. The Morgan fingerprint density at radius 1 is 1.12 bits per heavy atom. The fourth-order valence-electron chi connectivity index (χ4n) is 2.38. The smallest absolute Gasteiger partial charge is 0.266 e. The maximum Gasteiger partial charge on any atom is 0.266 e. The van der Waals surface area contributed by atoms with Gasteiger partial charge in [0.2, 0.25) is 0 Å². The van der Waals surface area contributed by atoms with Gasteiger partial charge in [0, 0.05) is 6.07 Å². The monoisotopic (exact) mass is 350 g/mol. The molecule has 0 aromatic heterocycles. The van der Waals surface area contributed by atoms with Gasteiger partial charge in [-0.05, 0) is 35.3 Å². The van der Waals surface area contributed by atoms with Gasteiger partial charge in [-0.2, -0.15) is 5.26 Å². The van der Waals surface area contributed by atoms with Crippen molar-refractivity contribution in [3.05, 3.63) is 59.2 Å². The highest BCUT2D eigenvalue weighted by Crippen LogP contribution is 2.29. The van der Waals surface area contributed by atoms with Gasteiger partial charge in [0.25, 0.3) is 5.91 Å². The van der Waals surface area contributed by atoms with E-state index < -0.39 is 5.91 Å². The fraction of sp³-hybridized carbons (Fsp3) is 0.238. The van der Waals surface area contributed by atoms with Crippen molar-refractivity contribution in [1.29, 1.82) is 5.26 Å². The maximum atomic E-state index is 12.5. The van der Waals surface area contributed by atoms with E-state index in [2.05, 4.69) is 19.2 Å². The van der Waals surface area contributed by atoms with Gasteiger partial charge in [-0.1, -0.05) is 38.1 Å². The molecular formula is C21H22N2O3. The van der Waals surface area contributed by atoms with Gasteiger partial charge in [-0.3, -0.25) is 4.79 Å². The Kier molecular flexibility index (Phi) is 6.40. The third-order valence-corrected chi connectivity index (χ3v) is 3.94. The molecule has 0 atom stereocenters. The number of rotatable bonds is 6. The molecule has 0 aliphatic heterocycles. The van der Waals surface area contributed by atoms with E-state index >= 15 is 0 Å². The molecule has 0 aliphatic carbocycles. The van der Waals surface area contributed by atoms with Gasteiger partial charge >= 0.3 is 0 Å². The van der Waals surface area contributed by atoms with Crippen molar-refractivity contribution < 1.29 is 14.3 Å². The first-order valence-corrected chi connectivity index (χ1v) is 8.23. The van der Waals surface area contributed by atoms with Crippen LogP contribution in [0.5, 0.6) is 11.5 Å². The maximum absolute atomic E-state index is 12.5. The van der Waals surface area contributed by atoms with Gasteiger partial charge in [0.1, 0.15) is 23.1 Å². The molecule has 134 valence electrons. The fourth-order valence-corrected chi connectivity index (χ4v) is 2.38. The number of hydrogen-bond acceptors (Lipinski definition) is 4. The van der Waals surface area contributed by atoms with Crippen LogP contribution in [0.2, 0.25) is 0 Å². The topological polar surface area (TPSA) is 71.3 Å². The van der Waals surface area contributed by atoms with Crippen LogP contribution in [0.3, 0.4) is 0 Å². The van der Waals surface area contributed by atoms with E-state index in [-0.39, 0.29) is 5.57 Å². The minimum Gasteiger partial charge on any atom is -0.497 e. The van der Waals surface area contributed by atoms with E-state index in [1.807, 2.05) is 30.3 Å². The highest BCUT2D eigenvalue weighted by molar-refractivity contribution is 6.10. The lowest BCUT2D eigenvalue weighted by Gasteiger charge is -2.11. The van der Waals surface area contributed by atoms with Crippen LogP contribution in [0.15, 0.2) is 48.0 Å². The van der Waals surface area contributed by atoms with Gasteiger partial charge in [0.05, 0.1) is 19.9 Å². The van der Waals surface area contributed by atoms with Gasteiger partial charge in [-0.15, -0.1) is 0 Å². The summed E-state index contributed by atoms with van der Waals surface area (Å²) in [5, 5.41) is 12.1. The predicted molar refractivity (Wildman–Crippen MR) is 102 cm³/mol. The Hall–Kier alpha value is -3.26. The van der Waals surface area contributed by atoms with E-state index in [1.165, 1.54) is 12.7 Å². The number of nitrogens with one attached hydrogen (secondary N) is 1. The number of ether oxygens (including phenoxy) is 2. The number of benzene rings is 2. The lowest BCUT2D eigenvalue weighted by Crippen LogP contribution is -2.14. The third kappa shape index (κ3) is 4.64. The van der Waals surface area contributed by atoms with Crippen molar-refractivity contribution in [3.8, 4) is 17.6 Å². The van der Waals surface area contributed by atoms with Crippen molar-refractivity contribution in [2.75, 3.05) is 19.5 Å². The van der Waals surface area contributed by atoms with Crippen molar-refractivity contribution in [3.63, 3.8) is 0 Å². The van der Waals surface area contributed by atoms with Crippen molar-refractivity contribution in [1.82, 2.24) is 0 Å². The van der Waals surface area contributed by atoms with Crippen LogP contribution < -0.4 is 14.8 Å². The van der Waals surface area contributed by atoms with Gasteiger partial charge in [-0.25, -0.2) is 0 Å². The summed E-state index contributed by atoms with van der Waals surface area (Å²) in [6.07, 6.45) is 1.56. The molecule has 0 bridgehead atoms. The molecule has 2 aromatic carbocycles. The molecule has 0 fully saturated rings. The van der Waals surface area contributed by atoms with Crippen LogP contribution in [0.1, 0.15) is 30.9 Å². The minimum absolute atomic E-state index is 0.0140. The molecule has 0 radical (unpaired) electrons. The third-order valence-electron chi connectivity index (χ3n) is 3.94. The highest BCUT2D eigenvalue weighted by Gasteiger charge is 2.13. The molecule has 26 heavy (non-hydrogen) atoms. The molecule has 2 aromatic rings. The number of methoxy groups -OCH3 is 2. The number of anilines is 1.